The third kappa shape index (κ3) is 46.0. The predicted octanol–water partition coefficient (Wildman–Crippen LogP) is -1.99. The van der Waals surface area contributed by atoms with Gasteiger partial charge in [-0.25, -0.2) is 12.2 Å². The molecule has 13 heavy (non-hydrogen) atoms. The molecule has 5 heteroatoms. The Morgan fingerprint density at radius 1 is 0.846 bits per heavy atom. The number of hydrogen-bond acceptors (Lipinski definition) is 0. The molecule has 0 saturated heterocycles. The van der Waals surface area contributed by atoms with Gasteiger partial charge in [0, 0.05) is 21.1 Å². The van der Waals surface area contributed by atoms with Gasteiger partial charge in [-0.3, -0.25) is 6.08 Å². The first kappa shape index (κ1) is 29.2. The molecule has 1 rings (SSSR count). The summed E-state index contributed by atoms with van der Waals surface area (Å²) in [6.07, 6.45) is 10.5. The first-order valence-corrected chi connectivity index (χ1v) is 2.19. The van der Waals surface area contributed by atoms with Crippen LogP contribution >= 0.6 is 0 Å². The molecule has 0 bridgehead atoms. The van der Waals surface area contributed by atoms with Gasteiger partial charge in [0.2, 0.25) is 0 Å². The summed E-state index contributed by atoms with van der Waals surface area (Å²) >= 11 is 0. The van der Waals surface area contributed by atoms with Crippen LogP contribution < -0.4 is 29.6 Å². The predicted molar refractivity (Wildman–Crippen MR) is 33.0 cm³/mol. The van der Waals surface area contributed by atoms with Crippen LogP contribution in [0.5, 0.6) is 0 Å². The Kier molecular flexibility index (Phi) is 124. The molecule has 1 aliphatic rings. The standard InChI is InChI=1S/C5H4.3CO.Na.W/c1-2-4-5-3-1;3*1-2;;/h1-4H;;;;;/q-1;;;;+1;. The molecule has 0 spiro atoms. The van der Waals surface area contributed by atoms with Gasteiger partial charge in [-0.1, -0.05) is 0 Å². The fraction of sp³-hybridized carbons (Fsp3) is 0. The zero-order chi connectivity index (χ0) is 9.54. The van der Waals surface area contributed by atoms with E-state index in [9.17, 15) is 0 Å². The van der Waals surface area contributed by atoms with Gasteiger partial charge in [-0.05, 0) is 0 Å². The van der Waals surface area contributed by atoms with Crippen LogP contribution in [0, 0.1) is 32.4 Å². The Morgan fingerprint density at radius 2 is 1.23 bits per heavy atom. The molecule has 1 radical (unpaired) electrons. The Labute approximate surface area is 114 Å². The van der Waals surface area contributed by atoms with Crippen molar-refractivity contribution in [2.75, 3.05) is 0 Å². The largest absolute Gasteiger partial charge is 1.00 e. The smallest absolute Gasteiger partial charge is 0.270 e. The average Bonchev–Trinajstić information content (AvgIpc) is 2.71. The molecule has 1 aliphatic carbocycles. The summed E-state index contributed by atoms with van der Waals surface area (Å²) in [5.41, 5.74) is 0. The van der Waals surface area contributed by atoms with Crippen molar-refractivity contribution in [3.63, 3.8) is 0 Å². The van der Waals surface area contributed by atoms with Crippen molar-refractivity contribution in [1.29, 1.82) is 0 Å². The van der Waals surface area contributed by atoms with Gasteiger partial charge in [-0.2, -0.15) is 6.08 Å². The monoisotopic (exact) mass is 355 g/mol. The van der Waals surface area contributed by atoms with E-state index < -0.39 is 0 Å². The van der Waals surface area contributed by atoms with Crippen molar-refractivity contribution in [1.82, 2.24) is 0 Å². The topological polar surface area (TPSA) is 59.7 Å². The molecule has 0 heterocycles. The van der Waals surface area contributed by atoms with E-state index in [1.54, 1.807) is 0 Å². The molecule has 0 amide bonds. The van der Waals surface area contributed by atoms with E-state index >= 15 is 0 Å². The second-order valence-electron chi connectivity index (χ2n) is 0.885. The Hall–Kier alpha value is 0.388. The van der Waals surface area contributed by atoms with Crippen LogP contribution in [0.1, 0.15) is 0 Å². The van der Waals surface area contributed by atoms with Crippen LogP contribution in [0.3, 0.4) is 0 Å². The van der Waals surface area contributed by atoms with E-state index in [4.69, 9.17) is 14.0 Å². The number of hydrogen-bond donors (Lipinski definition) is 0. The van der Waals surface area contributed by atoms with Crippen LogP contribution in [0.2, 0.25) is 0 Å². The van der Waals surface area contributed by atoms with E-state index in [1.165, 1.54) is 0 Å². The van der Waals surface area contributed by atoms with E-state index in [1.807, 2.05) is 24.6 Å². The third-order valence-corrected chi connectivity index (χ3v) is 0.496. The van der Waals surface area contributed by atoms with Crippen molar-refractivity contribution in [2.45, 2.75) is 0 Å². The molecule has 3 nitrogen and oxygen atoms in total. The summed E-state index contributed by atoms with van der Waals surface area (Å²) in [6.45, 7) is 13.5. The molecule has 0 fully saturated rings. The summed E-state index contributed by atoms with van der Waals surface area (Å²) in [7, 11) is 0. The van der Waals surface area contributed by atoms with E-state index in [0.717, 1.165) is 0 Å². The van der Waals surface area contributed by atoms with E-state index in [2.05, 4.69) is 26.0 Å². The van der Waals surface area contributed by atoms with Crippen LogP contribution in [0.15, 0.2) is 18.2 Å². The SMILES string of the molecule is [C-]#[O+].[C-]#[O+].[C-]#[O+].[C-]1=CC=C[CH]1.[Na+].[W]. The molecule has 61 valence electrons. The molecule has 0 aromatic carbocycles. The average molecular weight is 355 g/mol. The van der Waals surface area contributed by atoms with E-state index in [-0.39, 0.29) is 50.6 Å². The first-order chi connectivity index (χ1) is 5.50. The molecule has 0 atom stereocenters. The fourth-order valence-corrected chi connectivity index (χ4v) is 0.278. The van der Waals surface area contributed by atoms with Crippen molar-refractivity contribution in [3.05, 3.63) is 50.7 Å². The van der Waals surface area contributed by atoms with Crippen molar-refractivity contribution < 1.29 is 64.6 Å². The second-order valence-corrected chi connectivity index (χ2v) is 0.885. The molecule has 0 aromatic heterocycles. The summed E-state index contributed by atoms with van der Waals surface area (Å²) < 4.78 is 22.5. The van der Waals surface area contributed by atoms with Gasteiger partial charge in [0.1, 0.15) is 0 Å². The van der Waals surface area contributed by atoms with Crippen LogP contribution in [-0.2, 0) is 35.0 Å². The molecule has 0 unspecified atom stereocenters. The third-order valence-electron chi connectivity index (χ3n) is 0.496. The molecular weight excluding hydrogens is 351 g/mol. The summed E-state index contributed by atoms with van der Waals surface area (Å²) in [4.78, 5) is 0. The van der Waals surface area contributed by atoms with Gasteiger partial charge >= 0.3 is 63.5 Å². The minimum absolute atomic E-state index is 0. The normalized spacial score (nSPS) is 7.23. The zero-order valence-corrected chi connectivity index (χ0v) is 11.9. The maximum Gasteiger partial charge on any atom is 1.00 e. The molecule has 0 aromatic rings. The van der Waals surface area contributed by atoms with Gasteiger partial charge in [0.05, 0.1) is 0 Å². The van der Waals surface area contributed by atoms with Crippen molar-refractivity contribution >= 4 is 0 Å². The van der Waals surface area contributed by atoms with E-state index in [0.29, 0.717) is 0 Å². The van der Waals surface area contributed by atoms with Crippen LogP contribution in [0.25, 0.3) is 0 Å². The number of allylic oxidation sites excluding steroid dienone is 4. The quantitative estimate of drug-likeness (QED) is 0.275. The van der Waals surface area contributed by atoms with Crippen LogP contribution in [0.4, 0.5) is 0 Å². The summed E-state index contributed by atoms with van der Waals surface area (Å²) in [5, 5.41) is 0. The van der Waals surface area contributed by atoms with Crippen molar-refractivity contribution in [3.8, 4) is 0 Å². The molecule has 0 aliphatic heterocycles. The maximum atomic E-state index is 7.50. The van der Waals surface area contributed by atoms with Crippen molar-refractivity contribution in [2.24, 2.45) is 0 Å². The minimum Gasteiger partial charge on any atom is -0.270 e. The first-order valence-electron chi connectivity index (χ1n) is 2.19. The fourth-order valence-electron chi connectivity index (χ4n) is 0.278. The Morgan fingerprint density at radius 3 is 1.31 bits per heavy atom. The zero-order valence-electron chi connectivity index (χ0n) is 6.94. The van der Waals surface area contributed by atoms with Crippen LogP contribution in [-0.4, -0.2) is 0 Å². The summed E-state index contributed by atoms with van der Waals surface area (Å²) in [5.74, 6) is 0. The minimum atomic E-state index is 0. The molecular formula is C8H4NaO3W. The second kappa shape index (κ2) is 55.3. The maximum absolute atomic E-state index is 7.50. The Balaban J connectivity index is -0.0000000239. The van der Waals surface area contributed by atoms with Gasteiger partial charge in [0.25, 0.3) is 0 Å². The Bertz CT molecular complexity index is 146. The van der Waals surface area contributed by atoms with Gasteiger partial charge in [-0.15, -0.1) is 6.42 Å². The number of rotatable bonds is 0. The van der Waals surface area contributed by atoms with Gasteiger partial charge < -0.3 is 0 Å². The van der Waals surface area contributed by atoms with Gasteiger partial charge in [0.15, 0.2) is 0 Å². The summed E-state index contributed by atoms with van der Waals surface area (Å²) in [6, 6.07) is 0. The molecule has 0 saturated carbocycles. The molecule has 0 N–H and O–H groups in total.